The van der Waals surface area contributed by atoms with Crippen LogP contribution in [0.15, 0.2) is 30.5 Å². The molecule has 0 saturated heterocycles. The fraction of sp³-hybridized carbons (Fsp3) is 0.444. The molecule has 8 heteroatoms. The van der Waals surface area contributed by atoms with Crippen molar-refractivity contribution < 1.29 is 10.2 Å². The number of rotatable bonds is 4. The molecule has 26 heavy (non-hydrogen) atoms. The molecule has 1 aromatic carbocycles. The number of nitrogens with zero attached hydrogens (tertiary/aromatic N) is 5. The van der Waals surface area contributed by atoms with Gasteiger partial charge in [-0.15, -0.1) is 5.10 Å². The highest BCUT2D eigenvalue weighted by molar-refractivity contribution is 5.72. The molecule has 0 amide bonds. The van der Waals surface area contributed by atoms with Gasteiger partial charge in [0, 0.05) is 6.04 Å². The van der Waals surface area contributed by atoms with Crippen molar-refractivity contribution in [3.8, 4) is 5.69 Å². The average Bonchev–Trinajstić information content (AvgIpc) is 3.20. The van der Waals surface area contributed by atoms with Crippen LogP contribution < -0.4 is 5.32 Å². The van der Waals surface area contributed by atoms with E-state index in [1.165, 1.54) is 0 Å². The summed E-state index contributed by atoms with van der Waals surface area (Å²) in [6.45, 7) is 3.50. The van der Waals surface area contributed by atoms with Gasteiger partial charge in [0.15, 0.2) is 11.2 Å². The molecule has 0 bridgehead atoms. The van der Waals surface area contributed by atoms with Crippen molar-refractivity contribution in [1.29, 1.82) is 0 Å². The Balaban J connectivity index is 1.64. The van der Waals surface area contributed by atoms with Gasteiger partial charge in [-0.3, -0.25) is 0 Å². The summed E-state index contributed by atoms with van der Waals surface area (Å²) in [6.07, 6.45) is 3.80. The third-order valence-electron chi connectivity index (χ3n) is 4.75. The van der Waals surface area contributed by atoms with Crippen LogP contribution in [0.25, 0.3) is 16.9 Å². The van der Waals surface area contributed by atoms with E-state index in [4.69, 9.17) is 0 Å². The van der Waals surface area contributed by atoms with Crippen LogP contribution in [-0.2, 0) is 5.60 Å². The summed E-state index contributed by atoms with van der Waals surface area (Å²) >= 11 is 0. The minimum absolute atomic E-state index is 0.179. The normalized spacial score (nSPS) is 20.6. The van der Waals surface area contributed by atoms with Crippen molar-refractivity contribution in [2.24, 2.45) is 0 Å². The van der Waals surface area contributed by atoms with Gasteiger partial charge in [0.25, 0.3) is 0 Å². The Hall–Kier alpha value is -2.58. The maximum Gasteiger partial charge on any atom is 0.225 e. The first-order valence-electron chi connectivity index (χ1n) is 8.76. The fourth-order valence-corrected chi connectivity index (χ4v) is 3.25. The van der Waals surface area contributed by atoms with Crippen LogP contribution in [0.4, 0.5) is 5.95 Å². The summed E-state index contributed by atoms with van der Waals surface area (Å²) in [6, 6.07) is 7.66. The Morgan fingerprint density at radius 1 is 1.19 bits per heavy atom. The van der Waals surface area contributed by atoms with Crippen molar-refractivity contribution in [3.63, 3.8) is 0 Å². The molecule has 1 fully saturated rings. The predicted molar refractivity (Wildman–Crippen MR) is 97.0 cm³/mol. The molecule has 1 aliphatic carbocycles. The predicted octanol–water partition coefficient (Wildman–Crippen LogP) is 1.76. The van der Waals surface area contributed by atoms with Crippen LogP contribution in [-0.4, -0.2) is 47.3 Å². The average molecular weight is 354 g/mol. The summed E-state index contributed by atoms with van der Waals surface area (Å²) in [4.78, 5) is 8.85. The third kappa shape index (κ3) is 3.25. The van der Waals surface area contributed by atoms with E-state index in [1.54, 1.807) is 24.7 Å². The van der Waals surface area contributed by atoms with Crippen molar-refractivity contribution in [2.75, 3.05) is 5.32 Å². The number of nitrogens with one attached hydrogen (secondary N) is 1. The van der Waals surface area contributed by atoms with E-state index < -0.39 is 5.60 Å². The van der Waals surface area contributed by atoms with Gasteiger partial charge in [-0.05, 0) is 50.8 Å². The van der Waals surface area contributed by atoms with Crippen LogP contribution in [0.2, 0.25) is 0 Å². The van der Waals surface area contributed by atoms with Crippen molar-refractivity contribution in [2.45, 2.75) is 50.9 Å². The second kappa shape index (κ2) is 6.30. The Bertz CT molecular complexity index is 916. The van der Waals surface area contributed by atoms with E-state index in [0.717, 1.165) is 24.1 Å². The number of hydrogen-bond acceptors (Lipinski definition) is 7. The van der Waals surface area contributed by atoms with Gasteiger partial charge in [-0.2, -0.15) is 9.67 Å². The number of aliphatic hydroxyl groups is 2. The molecule has 2 aromatic heterocycles. The van der Waals surface area contributed by atoms with Crippen LogP contribution in [0.5, 0.6) is 0 Å². The molecule has 8 nitrogen and oxygen atoms in total. The molecule has 136 valence electrons. The van der Waals surface area contributed by atoms with E-state index in [9.17, 15) is 10.2 Å². The molecular formula is C18H22N6O2. The Labute approximate surface area is 150 Å². The van der Waals surface area contributed by atoms with Gasteiger partial charge in [0.1, 0.15) is 0 Å². The van der Waals surface area contributed by atoms with Crippen LogP contribution in [0.3, 0.4) is 0 Å². The highest BCUT2D eigenvalue weighted by Crippen LogP contribution is 2.24. The molecule has 2 atom stereocenters. The van der Waals surface area contributed by atoms with E-state index in [0.29, 0.717) is 23.5 Å². The first-order valence-corrected chi connectivity index (χ1v) is 8.76. The molecule has 4 rings (SSSR count). The summed E-state index contributed by atoms with van der Waals surface area (Å²) < 4.78 is 1.65. The molecule has 1 saturated carbocycles. The second-order valence-electron chi connectivity index (χ2n) is 7.32. The van der Waals surface area contributed by atoms with Crippen molar-refractivity contribution in [1.82, 2.24) is 25.0 Å². The molecule has 3 aromatic rings. The Kier molecular flexibility index (Phi) is 4.08. The zero-order chi connectivity index (χ0) is 18.3. The first kappa shape index (κ1) is 16.9. The Morgan fingerprint density at radius 3 is 2.62 bits per heavy atom. The topological polar surface area (TPSA) is 109 Å². The maximum absolute atomic E-state index is 10.1. The minimum Gasteiger partial charge on any atom is -0.393 e. The van der Waals surface area contributed by atoms with Crippen LogP contribution >= 0.6 is 0 Å². The maximum atomic E-state index is 10.1. The van der Waals surface area contributed by atoms with E-state index in [1.807, 2.05) is 24.3 Å². The Morgan fingerprint density at radius 2 is 1.96 bits per heavy atom. The van der Waals surface area contributed by atoms with E-state index in [2.05, 4.69) is 25.6 Å². The number of aromatic nitrogens is 5. The first-order chi connectivity index (χ1) is 12.4. The van der Waals surface area contributed by atoms with Crippen LogP contribution in [0, 0.1) is 0 Å². The molecular weight excluding hydrogens is 332 g/mol. The second-order valence-corrected chi connectivity index (χ2v) is 7.32. The van der Waals surface area contributed by atoms with E-state index >= 15 is 0 Å². The minimum atomic E-state index is -0.895. The lowest BCUT2D eigenvalue weighted by molar-refractivity contribution is 0.0786. The largest absolute Gasteiger partial charge is 0.393 e. The zero-order valence-corrected chi connectivity index (χ0v) is 14.8. The highest BCUT2D eigenvalue weighted by atomic mass is 16.3. The van der Waals surface area contributed by atoms with Crippen LogP contribution in [0.1, 0.15) is 38.7 Å². The van der Waals surface area contributed by atoms with Gasteiger partial charge < -0.3 is 15.5 Å². The lowest BCUT2D eigenvalue weighted by Crippen LogP contribution is -2.18. The summed E-state index contributed by atoms with van der Waals surface area (Å²) in [5.74, 6) is 0.508. The summed E-state index contributed by atoms with van der Waals surface area (Å²) in [5, 5.41) is 31.3. The van der Waals surface area contributed by atoms with Gasteiger partial charge in [-0.25, -0.2) is 4.98 Å². The SMILES string of the molecule is CC(C)(O)c1ccc(-n2nnc3cnc(N[C@@H]4CC[C@@H](O)C4)nc32)cc1. The van der Waals surface area contributed by atoms with Gasteiger partial charge in [0.05, 0.1) is 23.6 Å². The lowest BCUT2D eigenvalue weighted by atomic mass is 9.98. The van der Waals surface area contributed by atoms with Crippen molar-refractivity contribution in [3.05, 3.63) is 36.0 Å². The standard InChI is InChI=1S/C18H22N6O2/c1-18(2,26)11-3-6-13(7-4-11)24-16-15(22-23-24)10-19-17(21-16)20-12-5-8-14(25)9-12/h3-4,6-7,10,12,14,25-26H,5,8-9H2,1-2H3,(H,19,20,21)/t12-,14-/m1/s1. The number of anilines is 1. The summed E-state index contributed by atoms with van der Waals surface area (Å²) in [5.41, 5.74) is 1.95. The number of aliphatic hydroxyl groups excluding tert-OH is 1. The zero-order valence-electron chi connectivity index (χ0n) is 14.8. The van der Waals surface area contributed by atoms with Gasteiger partial charge in [-0.1, -0.05) is 17.3 Å². The third-order valence-corrected chi connectivity index (χ3v) is 4.75. The molecule has 3 N–H and O–H groups in total. The number of hydrogen-bond donors (Lipinski definition) is 3. The molecule has 0 unspecified atom stereocenters. The lowest BCUT2D eigenvalue weighted by Gasteiger charge is -2.17. The van der Waals surface area contributed by atoms with E-state index in [-0.39, 0.29) is 12.1 Å². The number of fused-ring (bicyclic) bond motifs is 1. The molecule has 2 heterocycles. The quantitative estimate of drug-likeness (QED) is 0.655. The number of benzene rings is 1. The molecule has 1 aliphatic rings. The van der Waals surface area contributed by atoms with Gasteiger partial charge >= 0.3 is 0 Å². The van der Waals surface area contributed by atoms with Gasteiger partial charge in [0.2, 0.25) is 5.95 Å². The summed E-state index contributed by atoms with van der Waals surface area (Å²) in [7, 11) is 0. The van der Waals surface area contributed by atoms with Crippen molar-refractivity contribution >= 4 is 17.1 Å². The molecule has 0 radical (unpaired) electrons. The molecule has 0 spiro atoms. The molecule has 0 aliphatic heterocycles. The fourth-order valence-electron chi connectivity index (χ4n) is 3.25. The monoisotopic (exact) mass is 354 g/mol. The smallest absolute Gasteiger partial charge is 0.225 e. The highest BCUT2D eigenvalue weighted by Gasteiger charge is 2.23.